The van der Waals surface area contributed by atoms with E-state index >= 15 is 0 Å². The quantitative estimate of drug-likeness (QED) is 0.522. The van der Waals surface area contributed by atoms with Crippen molar-refractivity contribution in [2.45, 2.75) is 6.92 Å². The van der Waals surface area contributed by atoms with E-state index in [1.807, 2.05) is 30.6 Å². The summed E-state index contributed by atoms with van der Waals surface area (Å²) < 4.78 is 1.72. The van der Waals surface area contributed by atoms with Crippen molar-refractivity contribution in [2.24, 2.45) is 0 Å². The van der Waals surface area contributed by atoms with Gasteiger partial charge >= 0.3 is 0 Å². The van der Waals surface area contributed by atoms with Gasteiger partial charge in [-0.1, -0.05) is 10.7 Å². The van der Waals surface area contributed by atoms with E-state index in [9.17, 15) is 4.79 Å². The summed E-state index contributed by atoms with van der Waals surface area (Å²) in [7, 11) is 1.72. The van der Waals surface area contributed by atoms with Crippen LogP contribution in [0.15, 0.2) is 30.6 Å². The Labute approximate surface area is 65.8 Å². The monoisotopic (exact) mass is 151 g/mol. The Kier molecular flexibility index (Phi) is 2.21. The Morgan fingerprint density at radius 2 is 1.82 bits per heavy atom. The molecule has 0 N–H and O–H groups in total. The fraction of sp³-hybridized carbons (Fsp3) is 0.250. The van der Waals surface area contributed by atoms with Gasteiger partial charge in [-0.25, -0.2) is 0 Å². The van der Waals surface area contributed by atoms with Crippen molar-refractivity contribution in [3.63, 3.8) is 0 Å². The number of hydrogen-bond acceptors (Lipinski definition) is 1. The lowest BCUT2D eigenvalue weighted by molar-refractivity contribution is -0.680. The van der Waals surface area contributed by atoms with Crippen molar-refractivity contribution >= 4 is 5.91 Å². The molecule has 3 heteroatoms. The summed E-state index contributed by atoms with van der Waals surface area (Å²) in [6.07, 6.45) is 3.64. The van der Waals surface area contributed by atoms with Gasteiger partial charge in [0.05, 0.1) is 7.05 Å². The van der Waals surface area contributed by atoms with Gasteiger partial charge in [0.15, 0.2) is 12.4 Å². The van der Waals surface area contributed by atoms with Crippen LogP contribution in [-0.4, -0.2) is 13.0 Å². The van der Waals surface area contributed by atoms with Gasteiger partial charge in [0.25, 0.3) is 5.91 Å². The average molecular weight is 151 g/mol. The first-order valence-corrected chi connectivity index (χ1v) is 3.42. The molecule has 0 radical (unpaired) electrons. The van der Waals surface area contributed by atoms with Gasteiger partial charge in [0, 0.05) is 19.1 Å². The SMILES string of the molecule is CC(=O)N(C)[n+]1ccccc1. The van der Waals surface area contributed by atoms with E-state index < -0.39 is 0 Å². The molecule has 0 bridgehead atoms. The van der Waals surface area contributed by atoms with Crippen molar-refractivity contribution in [1.29, 1.82) is 0 Å². The standard InChI is InChI=1S/C8H11N2O/c1-8(11)9(2)10-6-4-3-5-7-10/h3-7H,1-2H3/q+1. The van der Waals surface area contributed by atoms with Crippen LogP contribution < -0.4 is 9.69 Å². The van der Waals surface area contributed by atoms with Gasteiger partial charge in [-0.15, -0.1) is 5.01 Å². The Balaban J connectivity index is 2.85. The molecule has 0 atom stereocenters. The zero-order chi connectivity index (χ0) is 8.27. The topological polar surface area (TPSA) is 24.2 Å². The molecule has 58 valence electrons. The third-order valence-corrected chi connectivity index (χ3v) is 1.50. The van der Waals surface area contributed by atoms with Crippen molar-refractivity contribution in [3.05, 3.63) is 30.6 Å². The Morgan fingerprint density at radius 1 is 1.27 bits per heavy atom. The van der Waals surface area contributed by atoms with Crippen LogP contribution in [-0.2, 0) is 4.79 Å². The molecular formula is C8H11N2O+. The summed E-state index contributed by atoms with van der Waals surface area (Å²) in [5, 5.41) is 1.53. The summed E-state index contributed by atoms with van der Waals surface area (Å²) in [5.74, 6) is 0.0150. The first-order valence-electron chi connectivity index (χ1n) is 3.42. The zero-order valence-electron chi connectivity index (χ0n) is 6.69. The lowest BCUT2D eigenvalue weighted by Crippen LogP contribution is -2.57. The smallest absolute Gasteiger partial charge is 0.269 e. The summed E-state index contributed by atoms with van der Waals surface area (Å²) in [4.78, 5) is 10.8. The molecule has 0 spiro atoms. The Bertz CT molecular complexity index is 246. The maximum absolute atomic E-state index is 10.8. The van der Waals surface area contributed by atoms with Gasteiger partial charge in [0.1, 0.15) is 0 Å². The number of rotatable bonds is 1. The number of amides is 1. The minimum absolute atomic E-state index is 0.0150. The molecule has 0 fully saturated rings. The molecule has 0 aliphatic heterocycles. The highest BCUT2D eigenvalue weighted by molar-refractivity contribution is 5.80. The molecule has 0 unspecified atom stereocenters. The van der Waals surface area contributed by atoms with Gasteiger partial charge in [-0.3, -0.25) is 4.79 Å². The van der Waals surface area contributed by atoms with Gasteiger partial charge in [-0.2, -0.15) is 0 Å². The van der Waals surface area contributed by atoms with Crippen molar-refractivity contribution < 1.29 is 9.47 Å². The molecule has 0 saturated carbocycles. The van der Waals surface area contributed by atoms with Crippen molar-refractivity contribution in [1.82, 2.24) is 0 Å². The van der Waals surface area contributed by atoms with Crippen molar-refractivity contribution in [2.75, 3.05) is 12.1 Å². The highest BCUT2D eigenvalue weighted by Crippen LogP contribution is 1.78. The highest BCUT2D eigenvalue weighted by atomic mass is 16.2. The fourth-order valence-corrected chi connectivity index (χ4v) is 0.752. The summed E-state index contributed by atoms with van der Waals surface area (Å²) in [6, 6.07) is 5.66. The Hall–Kier alpha value is -1.38. The first-order chi connectivity index (χ1) is 5.22. The predicted molar refractivity (Wildman–Crippen MR) is 41.5 cm³/mol. The second kappa shape index (κ2) is 3.14. The fourth-order valence-electron chi connectivity index (χ4n) is 0.752. The molecule has 0 saturated heterocycles. The molecule has 1 aromatic rings. The van der Waals surface area contributed by atoms with Crippen LogP contribution in [0.2, 0.25) is 0 Å². The third kappa shape index (κ3) is 1.77. The largest absolute Gasteiger partial charge is 0.274 e. The van der Waals surface area contributed by atoms with Gasteiger partial charge in [0.2, 0.25) is 0 Å². The van der Waals surface area contributed by atoms with E-state index in [0.717, 1.165) is 0 Å². The molecule has 0 aliphatic carbocycles. The average Bonchev–Trinajstić information content (AvgIpc) is 2.05. The van der Waals surface area contributed by atoms with Crippen molar-refractivity contribution in [3.8, 4) is 0 Å². The molecular weight excluding hydrogens is 140 g/mol. The van der Waals surface area contributed by atoms with E-state index in [1.54, 1.807) is 11.7 Å². The Morgan fingerprint density at radius 3 is 2.27 bits per heavy atom. The second-order valence-corrected chi connectivity index (χ2v) is 2.30. The number of carbonyl (C=O) groups excluding carboxylic acids is 1. The number of carbonyl (C=O) groups is 1. The third-order valence-electron chi connectivity index (χ3n) is 1.50. The summed E-state index contributed by atoms with van der Waals surface area (Å²) in [6.45, 7) is 1.53. The van der Waals surface area contributed by atoms with Gasteiger partial charge < -0.3 is 0 Å². The highest BCUT2D eigenvalue weighted by Gasteiger charge is 2.09. The summed E-state index contributed by atoms with van der Waals surface area (Å²) >= 11 is 0. The molecule has 0 aliphatic rings. The van der Waals surface area contributed by atoms with Crippen LogP contribution >= 0.6 is 0 Å². The van der Waals surface area contributed by atoms with Gasteiger partial charge in [-0.05, 0) is 0 Å². The molecule has 1 amide bonds. The zero-order valence-corrected chi connectivity index (χ0v) is 6.69. The minimum Gasteiger partial charge on any atom is -0.269 e. The first kappa shape index (κ1) is 7.72. The normalized spacial score (nSPS) is 9.27. The van der Waals surface area contributed by atoms with Crippen LogP contribution in [0.3, 0.4) is 0 Å². The molecule has 1 aromatic heterocycles. The lowest BCUT2D eigenvalue weighted by Gasteiger charge is -2.05. The minimum atomic E-state index is 0.0150. The second-order valence-electron chi connectivity index (χ2n) is 2.30. The van der Waals surface area contributed by atoms with E-state index in [-0.39, 0.29) is 5.91 Å². The van der Waals surface area contributed by atoms with Crippen LogP contribution in [0, 0.1) is 0 Å². The number of pyridine rings is 1. The van der Waals surface area contributed by atoms with Crippen LogP contribution in [0.4, 0.5) is 0 Å². The molecule has 11 heavy (non-hydrogen) atoms. The van der Waals surface area contributed by atoms with E-state index in [4.69, 9.17) is 0 Å². The maximum atomic E-state index is 10.8. The van der Waals surface area contributed by atoms with E-state index in [1.165, 1.54) is 11.9 Å². The van der Waals surface area contributed by atoms with Crippen LogP contribution in [0.25, 0.3) is 0 Å². The van der Waals surface area contributed by atoms with E-state index in [0.29, 0.717) is 0 Å². The molecule has 0 aromatic carbocycles. The molecule has 3 nitrogen and oxygen atoms in total. The number of nitrogens with zero attached hydrogens (tertiary/aromatic N) is 2. The maximum Gasteiger partial charge on any atom is 0.274 e. The molecule has 1 heterocycles. The number of hydrogen-bond donors (Lipinski definition) is 0. The van der Waals surface area contributed by atoms with Crippen LogP contribution in [0.1, 0.15) is 6.92 Å². The molecule has 1 rings (SSSR count). The summed E-state index contributed by atoms with van der Waals surface area (Å²) in [5.41, 5.74) is 0. The lowest BCUT2D eigenvalue weighted by atomic mass is 10.5. The predicted octanol–water partition coefficient (Wildman–Crippen LogP) is 0.0884. The number of aromatic nitrogens is 1. The van der Waals surface area contributed by atoms with Crippen LogP contribution in [0.5, 0.6) is 0 Å². The van der Waals surface area contributed by atoms with E-state index in [2.05, 4.69) is 0 Å².